The van der Waals surface area contributed by atoms with E-state index in [1.807, 2.05) is 23.5 Å². The molecule has 0 radical (unpaired) electrons. The van der Waals surface area contributed by atoms with Crippen molar-refractivity contribution in [2.75, 3.05) is 4.90 Å². The van der Waals surface area contributed by atoms with Gasteiger partial charge in [-0.2, -0.15) is 0 Å². The molecule has 2 heterocycles. The second-order valence-electron chi connectivity index (χ2n) is 16.5. The average molecular weight is 817 g/mol. The van der Waals surface area contributed by atoms with Gasteiger partial charge in [0, 0.05) is 64.1 Å². The lowest BCUT2D eigenvalue weighted by Crippen LogP contribution is -2.15. The first-order valence-corrected chi connectivity index (χ1v) is 22.5. The van der Waals surface area contributed by atoms with Crippen molar-refractivity contribution in [1.29, 1.82) is 0 Å². The highest BCUT2D eigenvalue weighted by atomic mass is 32.2. The third-order valence-corrected chi connectivity index (χ3v) is 15.2. The molecular formula is C57H40N2S2. The molecule has 0 saturated carbocycles. The first-order valence-electron chi connectivity index (χ1n) is 20.9. The third kappa shape index (κ3) is 5.89. The second-order valence-corrected chi connectivity index (χ2v) is 18.7. The standard InChI is InChI=1S/C57H40N2S2/c1-57(2)48-34-33-46-45-17-9-10-18-50(45)59(56(46)55(48)47-35-53-54(36-49(47)57)61-52-20-12-11-19-51(52)60-53)44-31-29-43(30-32-44)58(41-25-21-39(22-26-41)37-13-5-3-6-14-37)42-27-23-40(24-28-42)38-15-7-4-8-16-38/h3-36H,1-2H3. The number of para-hydroxylation sites is 1. The molecule has 12 rings (SSSR count). The number of aromatic nitrogens is 1. The van der Waals surface area contributed by atoms with Crippen LogP contribution in [0.2, 0.25) is 0 Å². The van der Waals surface area contributed by atoms with Gasteiger partial charge in [0.05, 0.1) is 11.0 Å². The summed E-state index contributed by atoms with van der Waals surface area (Å²) in [6.07, 6.45) is 0. The summed E-state index contributed by atoms with van der Waals surface area (Å²) in [5, 5.41) is 2.55. The summed E-state index contributed by atoms with van der Waals surface area (Å²) in [5.74, 6) is 0. The van der Waals surface area contributed by atoms with Gasteiger partial charge in [0.15, 0.2) is 0 Å². The van der Waals surface area contributed by atoms with E-state index in [0.29, 0.717) is 0 Å². The first kappa shape index (κ1) is 36.2. The lowest BCUT2D eigenvalue weighted by molar-refractivity contribution is 0.658. The Hall–Kier alpha value is -6.72. The Morgan fingerprint density at radius 1 is 0.410 bits per heavy atom. The van der Waals surface area contributed by atoms with Crippen LogP contribution in [0, 0.1) is 0 Å². The van der Waals surface area contributed by atoms with Crippen molar-refractivity contribution < 1.29 is 0 Å². The predicted octanol–water partition coefficient (Wildman–Crippen LogP) is 16.5. The van der Waals surface area contributed by atoms with E-state index in [1.165, 1.54) is 85.9 Å². The molecule has 2 aliphatic rings. The Morgan fingerprint density at radius 3 is 1.49 bits per heavy atom. The largest absolute Gasteiger partial charge is 0.311 e. The highest BCUT2D eigenvalue weighted by Gasteiger charge is 2.39. The van der Waals surface area contributed by atoms with Crippen molar-refractivity contribution in [2.45, 2.75) is 38.8 Å². The van der Waals surface area contributed by atoms with Gasteiger partial charge >= 0.3 is 0 Å². The lowest BCUT2D eigenvalue weighted by Gasteiger charge is -2.26. The van der Waals surface area contributed by atoms with E-state index in [1.54, 1.807) is 0 Å². The molecule has 0 amide bonds. The summed E-state index contributed by atoms with van der Waals surface area (Å²) < 4.78 is 2.52. The van der Waals surface area contributed by atoms with Crippen molar-refractivity contribution in [3.63, 3.8) is 0 Å². The maximum atomic E-state index is 2.52. The van der Waals surface area contributed by atoms with Crippen molar-refractivity contribution in [2.24, 2.45) is 0 Å². The van der Waals surface area contributed by atoms with Crippen LogP contribution in [0.25, 0.3) is 60.9 Å². The van der Waals surface area contributed by atoms with Gasteiger partial charge in [-0.25, -0.2) is 0 Å². The highest BCUT2D eigenvalue weighted by Crippen LogP contribution is 2.58. The zero-order valence-electron chi connectivity index (χ0n) is 33.8. The van der Waals surface area contributed by atoms with E-state index < -0.39 is 0 Å². The SMILES string of the molecule is CC1(C)c2cc3c(cc2-c2c1ccc1c4ccccc4n(-c4ccc(N(c5ccc(-c6ccccc6)cc5)c5ccc(-c6ccccc6)cc5)cc4)c21)Sc1ccccc1S3. The summed E-state index contributed by atoms with van der Waals surface area (Å²) >= 11 is 3.81. The van der Waals surface area contributed by atoms with Crippen LogP contribution in [0.1, 0.15) is 25.0 Å². The maximum absolute atomic E-state index is 2.52. The molecule has 0 fully saturated rings. The van der Waals surface area contributed by atoms with Gasteiger partial charge in [0.1, 0.15) is 0 Å². The van der Waals surface area contributed by atoms with Gasteiger partial charge in [-0.1, -0.05) is 165 Å². The van der Waals surface area contributed by atoms with Gasteiger partial charge in [0.25, 0.3) is 0 Å². The maximum Gasteiger partial charge on any atom is 0.0622 e. The fourth-order valence-electron chi connectivity index (χ4n) is 9.63. The molecule has 1 aliphatic carbocycles. The Morgan fingerprint density at radius 2 is 0.902 bits per heavy atom. The minimum Gasteiger partial charge on any atom is -0.311 e. The fraction of sp³-hybridized carbons (Fsp3) is 0.0526. The summed E-state index contributed by atoms with van der Waals surface area (Å²) in [7, 11) is 0. The summed E-state index contributed by atoms with van der Waals surface area (Å²) in [6, 6.07) is 75.7. The highest BCUT2D eigenvalue weighted by molar-refractivity contribution is 8.05. The number of hydrogen-bond donors (Lipinski definition) is 0. The number of fused-ring (bicyclic) bond motifs is 9. The molecule has 0 bridgehead atoms. The molecule has 2 nitrogen and oxygen atoms in total. The van der Waals surface area contributed by atoms with Crippen molar-refractivity contribution in [1.82, 2.24) is 4.57 Å². The molecule has 0 spiro atoms. The van der Waals surface area contributed by atoms with Crippen molar-refractivity contribution in [3.05, 3.63) is 217 Å². The number of rotatable bonds is 6. The van der Waals surface area contributed by atoms with Crippen LogP contribution in [0.5, 0.6) is 0 Å². The molecule has 10 aromatic rings. The van der Waals surface area contributed by atoms with Crippen molar-refractivity contribution in [3.8, 4) is 39.1 Å². The van der Waals surface area contributed by atoms with Gasteiger partial charge in [0.2, 0.25) is 0 Å². The van der Waals surface area contributed by atoms with Crippen LogP contribution in [0.3, 0.4) is 0 Å². The molecule has 290 valence electrons. The Labute approximate surface area is 365 Å². The number of benzene rings is 9. The molecule has 1 aliphatic heterocycles. The van der Waals surface area contributed by atoms with Crippen LogP contribution in [0.4, 0.5) is 17.1 Å². The molecular weight excluding hydrogens is 777 g/mol. The van der Waals surface area contributed by atoms with E-state index in [-0.39, 0.29) is 5.41 Å². The zero-order chi connectivity index (χ0) is 40.7. The van der Waals surface area contributed by atoms with Crippen LogP contribution in [0.15, 0.2) is 226 Å². The van der Waals surface area contributed by atoms with Crippen molar-refractivity contribution >= 4 is 62.4 Å². The number of hydrogen-bond acceptors (Lipinski definition) is 3. The normalized spacial score (nSPS) is 13.4. The van der Waals surface area contributed by atoms with Crippen LogP contribution >= 0.6 is 23.5 Å². The van der Waals surface area contributed by atoms with Crippen LogP contribution in [-0.4, -0.2) is 4.57 Å². The molecule has 0 saturated heterocycles. The number of anilines is 3. The summed E-state index contributed by atoms with van der Waals surface area (Å²) in [6.45, 7) is 4.80. The molecule has 1 aromatic heterocycles. The fourth-order valence-corrected chi connectivity index (χ4v) is 11.9. The van der Waals surface area contributed by atoms with Crippen LogP contribution in [-0.2, 0) is 5.41 Å². The average Bonchev–Trinajstić information content (AvgIpc) is 3.77. The Balaban J connectivity index is 1.00. The zero-order valence-corrected chi connectivity index (χ0v) is 35.5. The molecule has 9 aromatic carbocycles. The van der Waals surface area contributed by atoms with E-state index >= 15 is 0 Å². The number of nitrogens with zero attached hydrogens (tertiary/aromatic N) is 2. The van der Waals surface area contributed by atoms with E-state index in [0.717, 1.165) is 22.7 Å². The van der Waals surface area contributed by atoms with Gasteiger partial charge in [-0.05, 0) is 118 Å². The predicted molar refractivity (Wildman–Crippen MR) is 259 cm³/mol. The van der Waals surface area contributed by atoms with Gasteiger partial charge < -0.3 is 9.47 Å². The lowest BCUT2D eigenvalue weighted by atomic mass is 9.82. The van der Waals surface area contributed by atoms with Crippen LogP contribution < -0.4 is 4.90 Å². The molecule has 0 N–H and O–H groups in total. The molecule has 0 unspecified atom stereocenters. The first-order chi connectivity index (χ1) is 30.0. The minimum absolute atomic E-state index is 0.145. The monoisotopic (exact) mass is 816 g/mol. The summed E-state index contributed by atoms with van der Waals surface area (Å²) in [4.78, 5) is 7.73. The topological polar surface area (TPSA) is 8.17 Å². The van der Waals surface area contributed by atoms with Gasteiger partial charge in [-0.15, -0.1) is 0 Å². The minimum atomic E-state index is -0.145. The Kier molecular flexibility index (Phi) is 8.42. The van der Waals surface area contributed by atoms with E-state index in [4.69, 9.17) is 0 Å². The third-order valence-electron chi connectivity index (χ3n) is 12.7. The van der Waals surface area contributed by atoms with E-state index in [2.05, 4.69) is 230 Å². The second kappa shape index (κ2) is 14.2. The smallest absolute Gasteiger partial charge is 0.0622 e. The van der Waals surface area contributed by atoms with E-state index in [9.17, 15) is 0 Å². The molecule has 0 atom stereocenters. The van der Waals surface area contributed by atoms with Gasteiger partial charge in [-0.3, -0.25) is 0 Å². The quantitative estimate of drug-likeness (QED) is 0.165. The molecule has 4 heteroatoms. The summed E-state index contributed by atoms with van der Waals surface area (Å²) in [5.41, 5.74) is 17.1. The molecule has 61 heavy (non-hydrogen) atoms. The Bertz CT molecular complexity index is 3210.